The molecule has 0 saturated heterocycles. The molecule has 2 rings (SSSR count). The molecule has 2 aromatic carbocycles. The number of anilines is 3. The Bertz CT molecular complexity index is 626. The average Bonchev–Trinajstić information content (AvgIpc) is 2.43. The number of nitrogen functional groups attached to an aromatic ring is 1. The van der Waals surface area contributed by atoms with Crippen molar-refractivity contribution in [2.45, 2.75) is 6.61 Å². The molecule has 0 aliphatic carbocycles. The minimum Gasteiger partial charge on any atom is -0.478 e. The summed E-state index contributed by atoms with van der Waals surface area (Å²) in [6.07, 6.45) is 0. The molecule has 4 N–H and O–H groups in total. The summed E-state index contributed by atoms with van der Waals surface area (Å²) in [6, 6.07) is 12.5. The SMILES string of the molecule is COCc1ccccc1Nc1ccc(N)c(C(=O)O)c1. The number of aromatic carboxylic acids is 1. The van der Waals surface area contributed by atoms with E-state index >= 15 is 0 Å². The third-order valence-corrected chi connectivity index (χ3v) is 2.88. The van der Waals surface area contributed by atoms with Crippen molar-refractivity contribution in [2.24, 2.45) is 0 Å². The minimum atomic E-state index is -1.05. The van der Waals surface area contributed by atoms with Gasteiger partial charge in [0.15, 0.2) is 0 Å². The minimum absolute atomic E-state index is 0.0826. The summed E-state index contributed by atoms with van der Waals surface area (Å²) in [5.74, 6) is -1.05. The Morgan fingerprint density at radius 1 is 1.30 bits per heavy atom. The molecular weight excluding hydrogens is 256 g/mol. The van der Waals surface area contributed by atoms with Crippen molar-refractivity contribution < 1.29 is 14.6 Å². The molecule has 0 aromatic heterocycles. The van der Waals surface area contributed by atoms with Crippen molar-refractivity contribution in [2.75, 3.05) is 18.2 Å². The zero-order valence-corrected chi connectivity index (χ0v) is 11.1. The summed E-state index contributed by atoms with van der Waals surface area (Å²) < 4.78 is 5.13. The van der Waals surface area contributed by atoms with Crippen LogP contribution in [0.3, 0.4) is 0 Å². The number of ether oxygens (including phenoxy) is 1. The van der Waals surface area contributed by atoms with E-state index in [1.165, 1.54) is 6.07 Å². The number of hydrogen-bond acceptors (Lipinski definition) is 4. The fraction of sp³-hybridized carbons (Fsp3) is 0.133. The number of nitrogens with one attached hydrogen (secondary N) is 1. The van der Waals surface area contributed by atoms with Crippen LogP contribution in [0.2, 0.25) is 0 Å². The van der Waals surface area contributed by atoms with E-state index in [0.717, 1.165) is 11.3 Å². The van der Waals surface area contributed by atoms with Gasteiger partial charge in [0, 0.05) is 29.7 Å². The van der Waals surface area contributed by atoms with Gasteiger partial charge < -0.3 is 20.9 Å². The van der Waals surface area contributed by atoms with Crippen LogP contribution < -0.4 is 11.1 Å². The maximum absolute atomic E-state index is 11.1. The maximum atomic E-state index is 11.1. The molecule has 0 aliphatic rings. The molecular formula is C15H16N2O3. The van der Waals surface area contributed by atoms with Crippen LogP contribution >= 0.6 is 0 Å². The number of hydrogen-bond donors (Lipinski definition) is 3. The van der Waals surface area contributed by atoms with E-state index < -0.39 is 5.97 Å². The number of para-hydroxylation sites is 1. The Morgan fingerprint density at radius 3 is 2.75 bits per heavy atom. The van der Waals surface area contributed by atoms with Crippen LogP contribution in [0.25, 0.3) is 0 Å². The Hall–Kier alpha value is -2.53. The van der Waals surface area contributed by atoms with E-state index in [9.17, 15) is 4.79 Å². The van der Waals surface area contributed by atoms with Gasteiger partial charge in [-0.15, -0.1) is 0 Å². The molecule has 0 spiro atoms. The smallest absolute Gasteiger partial charge is 0.337 e. The van der Waals surface area contributed by atoms with E-state index in [0.29, 0.717) is 12.3 Å². The Morgan fingerprint density at radius 2 is 2.05 bits per heavy atom. The summed E-state index contributed by atoms with van der Waals surface area (Å²) in [5.41, 5.74) is 8.49. The average molecular weight is 272 g/mol. The lowest BCUT2D eigenvalue weighted by atomic mass is 10.1. The van der Waals surface area contributed by atoms with Crippen LogP contribution in [0.4, 0.5) is 17.1 Å². The third kappa shape index (κ3) is 3.07. The maximum Gasteiger partial charge on any atom is 0.337 e. The van der Waals surface area contributed by atoms with Gasteiger partial charge in [0.25, 0.3) is 0 Å². The normalized spacial score (nSPS) is 10.2. The van der Waals surface area contributed by atoms with E-state index in [-0.39, 0.29) is 11.3 Å². The van der Waals surface area contributed by atoms with Crippen LogP contribution in [0.15, 0.2) is 42.5 Å². The van der Waals surface area contributed by atoms with E-state index in [1.54, 1.807) is 19.2 Å². The van der Waals surface area contributed by atoms with Crippen molar-refractivity contribution in [1.29, 1.82) is 0 Å². The van der Waals surface area contributed by atoms with Crippen molar-refractivity contribution in [3.05, 3.63) is 53.6 Å². The third-order valence-electron chi connectivity index (χ3n) is 2.88. The van der Waals surface area contributed by atoms with Crippen LogP contribution in [0.1, 0.15) is 15.9 Å². The first kappa shape index (κ1) is 13.9. The predicted molar refractivity (Wildman–Crippen MR) is 78.3 cm³/mol. The summed E-state index contributed by atoms with van der Waals surface area (Å²) in [7, 11) is 1.63. The summed E-state index contributed by atoms with van der Waals surface area (Å²) >= 11 is 0. The van der Waals surface area contributed by atoms with Crippen molar-refractivity contribution in [3.8, 4) is 0 Å². The molecule has 20 heavy (non-hydrogen) atoms. The highest BCUT2D eigenvalue weighted by molar-refractivity contribution is 5.95. The van der Waals surface area contributed by atoms with Crippen molar-refractivity contribution in [3.63, 3.8) is 0 Å². The molecule has 0 aliphatic heterocycles. The zero-order valence-electron chi connectivity index (χ0n) is 11.1. The first-order valence-corrected chi connectivity index (χ1v) is 6.08. The van der Waals surface area contributed by atoms with E-state index in [4.69, 9.17) is 15.6 Å². The molecule has 0 heterocycles. The molecule has 0 saturated carbocycles. The van der Waals surface area contributed by atoms with Gasteiger partial charge in [-0.1, -0.05) is 18.2 Å². The molecule has 0 unspecified atom stereocenters. The Labute approximate surface area is 117 Å². The molecule has 0 bridgehead atoms. The summed E-state index contributed by atoms with van der Waals surface area (Å²) in [6.45, 7) is 0.476. The predicted octanol–water partition coefficient (Wildman–Crippen LogP) is 2.86. The van der Waals surface area contributed by atoms with E-state index in [1.807, 2.05) is 24.3 Å². The highest BCUT2D eigenvalue weighted by Crippen LogP contribution is 2.24. The number of carboxylic acids is 1. The molecule has 2 aromatic rings. The lowest BCUT2D eigenvalue weighted by molar-refractivity contribution is 0.0698. The largest absolute Gasteiger partial charge is 0.478 e. The zero-order chi connectivity index (χ0) is 14.5. The topological polar surface area (TPSA) is 84.6 Å². The summed E-state index contributed by atoms with van der Waals surface area (Å²) in [4.78, 5) is 11.1. The van der Waals surface area contributed by atoms with Gasteiger partial charge in [-0.2, -0.15) is 0 Å². The molecule has 0 radical (unpaired) electrons. The number of benzene rings is 2. The van der Waals surface area contributed by atoms with Gasteiger partial charge in [0.05, 0.1) is 12.2 Å². The summed E-state index contributed by atoms with van der Waals surface area (Å²) in [5, 5.41) is 12.2. The highest BCUT2D eigenvalue weighted by atomic mass is 16.5. The fourth-order valence-corrected chi connectivity index (χ4v) is 1.90. The number of carboxylic acid groups (broad SMARTS) is 1. The van der Waals surface area contributed by atoms with Crippen LogP contribution in [-0.4, -0.2) is 18.2 Å². The molecule has 5 heteroatoms. The molecule has 0 atom stereocenters. The molecule has 0 fully saturated rings. The highest BCUT2D eigenvalue weighted by Gasteiger charge is 2.09. The fourth-order valence-electron chi connectivity index (χ4n) is 1.90. The number of nitrogens with two attached hydrogens (primary N) is 1. The quantitative estimate of drug-likeness (QED) is 0.729. The molecule has 104 valence electrons. The first-order valence-electron chi connectivity index (χ1n) is 6.08. The number of rotatable bonds is 5. The van der Waals surface area contributed by atoms with Gasteiger partial charge in [0.1, 0.15) is 0 Å². The van der Waals surface area contributed by atoms with Gasteiger partial charge in [-0.05, 0) is 24.3 Å². The van der Waals surface area contributed by atoms with Crippen LogP contribution in [0.5, 0.6) is 0 Å². The molecule has 0 amide bonds. The van der Waals surface area contributed by atoms with Gasteiger partial charge in [0.2, 0.25) is 0 Å². The lowest BCUT2D eigenvalue weighted by Crippen LogP contribution is -2.04. The van der Waals surface area contributed by atoms with Crippen LogP contribution in [0, 0.1) is 0 Å². The van der Waals surface area contributed by atoms with Crippen molar-refractivity contribution >= 4 is 23.0 Å². The Balaban J connectivity index is 2.31. The monoisotopic (exact) mass is 272 g/mol. The van der Waals surface area contributed by atoms with E-state index in [2.05, 4.69) is 5.32 Å². The lowest BCUT2D eigenvalue weighted by Gasteiger charge is -2.12. The second-order valence-electron chi connectivity index (χ2n) is 4.32. The second kappa shape index (κ2) is 6.08. The van der Waals surface area contributed by atoms with Crippen LogP contribution in [-0.2, 0) is 11.3 Å². The van der Waals surface area contributed by atoms with Gasteiger partial charge in [-0.25, -0.2) is 4.79 Å². The second-order valence-corrected chi connectivity index (χ2v) is 4.32. The van der Waals surface area contributed by atoms with Gasteiger partial charge in [-0.3, -0.25) is 0 Å². The Kier molecular flexibility index (Phi) is 4.22. The molecule has 5 nitrogen and oxygen atoms in total. The first-order chi connectivity index (χ1) is 9.61. The number of methoxy groups -OCH3 is 1. The van der Waals surface area contributed by atoms with Gasteiger partial charge >= 0.3 is 5.97 Å². The van der Waals surface area contributed by atoms with Crippen molar-refractivity contribution in [1.82, 2.24) is 0 Å². The number of carbonyl (C=O) groups is 1. The standard InChI is InChI=1S/C15H16N2O3/c1-20-9-10-4-2-3-5-14(10)17-11-6-7-13(16)12(8-11)15(18)19/h2-8,17H,9,16H2,1H3,(H,18,19).